The van der Waals surface area contributed by atoms with Crippen molar-refractivity contribution in [3.63, 3.8) is 0 Å². The van der Waals surface area contributed by atoms with Crippen LogP contribution in [-0.4, -0.2) is 9.97 Å². The van der Waals surface area contributed by atoms with Gasteiger partial charge >= 0.3 is 6.18 Å². The van der Waals surface area contributed by atoms with Gasteiger partial charge < -0.3 is 0 Å². The Balaban J connectivity index is 2.39. The van der Waals surface area contributed by atoms with Crippen LogP contribution in [0.2, 0.25) is 0 Å². The Hall–Kier alpha value is -1.43. The molecule has 2 nitrogen and oxygen atoms in total. The summed E-state index contributed by atoms with van der Waals surface area (Å²) in [4.78, 5) is 8.47. The average molecular weight is 258 g/mol. The van der Waals surface area contributed by atoms with E-state index in [0.717, 1.165) is 23.6 Å². The number of aromatic nitrogens is 2. The van der Waals surface area contributed by atoms with Crippen molar-refractivity contribution >= 4 is 11.3 Å². The van der Waals surface area contributed by atoms with Gasteiger partial charge in [-0.15, -0.1) is 11.3 Å². The third kappa shape index (κ3) is 2.63. The van der Waals surface area contributed by atoms with Gasteiger partial charge in [-0.25, -0.2) is 4.98 Å². The smallest absolute Gasteiger partial charge is 0.252 e. The van der Waals surface area contributed by atoms with Crippen molar-refractivity contribution in [1.29, 1.82) is 0 Å². The second-order valence-corrected chi connectivity index (χ2v) is 4.53. The first-order chi connectivity index (χ1) is 8.00. The molecule has 17 heavy (non-hydrogen) atoms. The minimum absolute atomic E-state index is 0.456. The molecule has 0 N–H and O–H groups in total. The first-order valence-corrected chi connectivity index (χ1v) is 5.80. The number of rotatable bonds is 2. The third-order valence-electron chi connectivity index (χ3n) is 2.20. The fourth-order valence-electron chi connectivity index (χ4n) is 1.32. The van der Waals surface area contributed by atoms with Gasteiger partial charge in [-0.1, -0.05) is 6.92 Å². The number of pyridine rings is 1. The summed E-state index contributed by atoms with van der Waals surface area (Å²) in [6.07, 6.45) is -0.741. The van der Waals surface area contributed by atoms with Crippen LogP contribution in [0, 0.1) is 0 Å². The zero-order valence-corrected chi connectivity index (χ0v) is 9.77. The number of thiazole rings is 1. The van der Waals surface area contributed by atoms with Gasteiger partial charge in [-0.2, -0.15) is 13.2 Å². The van der Waals surface area contributed by atoms with Gasteiger partial charge in [-0.05, 0) is 18.6 Å². The minimum Gasteiger partial charge on any atom is -0.252 e. The number of hydrogen-bond donors (Lipinski definition) is 0. The number of alkyl halides is 3. The summed E-state index contributed by atoms with van der Waals surface area (Å²) in [7, 11) is 0. The molecule has 0 unspecified atom stereocenters. The van der Waals surface area contributed by atoms with E-state index >= 15 is 0 Å². The molecule has 0 aliphatic rings. The minimum atomic E-state index is -4.42. The summed E-state index contributed by atoms with van der Waals surface area (Å²) in [5.74, 6) is 0. The molecule has 2 heterocycles. The predicted octanol–water partition coefficient (Wildman–Crippen LogP) is 3.79. The van der Waals surface area contributed by atoms with E-state index in [2.05, 4.69) is 9.97 Å². The van der Waals surface area contributed by atoms with Crippen LogP contribution >= 0.6 is 11.3 Å². The molecular formula is C11H9F3N2S. The zero-order valence-electron chi connectivity index (χ0n) is 8.95. The van der Waals surface area contributed by atoms with E-state index < -0.39 is 11.9 Å². The topological polar surface area (TPSA) is 25.8 Å². The van der Waals surface area contributed by atoms with Crippen molar-refractivity contribution < 1.29 is 13.2 Å². The average Bonchev–Trinajstić information content (AvgIpc) is 2.76. The quantitative estimate of drug-likeness (QED) is 0.819. The lowest BCUT2D eigenvalue weighted by atomic mass is 10.2. The van der Waals surface area contributed by atoms with Crippen molar-refractivity contribution in [2.24, 2.45) is 0 Å². The van der Waals surface area contributed by atoms with Crippen molar-refractivity contribution in [2.45, 2.75) is 19.5 Å². The fraction of sp³-hybridized carbons (Fsp3) is 0.273. The second-order valence-electron chi connectivity index (χ2n) is 3.41. The Bertz CT molecular complexity index is 519. The number of aryl methyl sites for hydroxylation is 1. The van der Waals surface area contributed by atoms with Crippen molar-refractivity contribution in [3.05, 3.63) is 35.1 Å². The van der Waals surface area contributed by atoms with E-state index in [-0.39, 0.29) is 0 Å². The van der Waals surface area contributed by atoms with Gasteiger partial charge in [0.2, 0.25) is 0 Å². The van der Waals surface area contributed by atoms with Gasteiger partial charge in [0.15, 0.2) is 0 Å². The normalized spacial score (nSPS) is 11.8. The maximum atomic E-state index is 12.5. The first-order valence-electron chi connectivity index (χ1n) is 4.99. The van der Waals surface area contributed by atoms with Crippen LogP contribution in [0.1, 0.15) is 17.5 Å². The molecule has 0 amide bonds. The van der Waals surface area contributed by atoms with E-state index in [0.29, 0.717) is 10.6 Å². The molecule has 0 aromatic carbocycles. The van der Waals surface area contributed by atoms with Gasteiger partial charge in [0.1, 0.15) is 10.7 Å². The molecule has 0 radical (unpaired) electrons. The maximum Gasteiger partial charge on any atom is 0.433 e. The Morgan fingerprint density at radius 2 is 2.06 bits per heavy atom. The summed E-state index contributed by atoms with van der Waals surface area (Å²) in [5.41, 5.74) is -0.430. The lowest BCUT2D eigenvalue weighted by Gasteiger charge is -2.05. The molecule has 6 heteroatoms. The monoisotopic (exact) mass is 258 g/mol. The van der Waals surface area contributed by atoms with Crippen LogP contribution < -0.4 is 0 Å². The van der Waals surface area contributed by atoms with Crippen molar-refractivity contribution in [1.82, 2.24) is 9.97 Å². The summed E-state index contributed by atoms with van der Waals surface area (Å²) in [6.45, 7) is 1.98. The molecule has 0 fully saturated rings. The summed E-state index contributed by atoms with van der Waals surface area (Å²) < 4.78 is 37.4. The van der Waals surface area contributed by atoms with Crippen LogP contribution in [-0.2, 0) is 12.6 Å². The number of halogens is 3. The van der Waals surface area contributed by atoms with E-state index in [1.165, 1.54) is 17.4 Å². The highest BCUT2D eigenvalue weighted by atomic mass is 32.1. The standard InChI is InChI=1S/C11H9F3N2S/c1-2-8-6-16-10(17-8)7-3-4-15-9(5-7)11(12,13)14/h3-6H,2H2,1H3. The summed E-state index contributed by atoms with van der Waals surface area (Å²) >= 11 is 1.40. The first kappa shape index (κ1) is 12.0. The van der Waals surface area contributed by atoms with Crippen LogP contribution in [0.25, 0.3) is 10.6 Å². The number of nitrogens with zero attached hydrogens (tertiary/aromatic N) is 2. The molecule has 0 atom stereocenters. The molecule has 2 aromatic heterocycles. The predicted molar refractivity (Wildman–Crippen MR) is 59.7 cm³/mol. The Labute approximate surface area is 100 Å². The van der Waals surface area contributed by atoms with Crippen LogP contribution in [0.4, 0.5) is 13.2 Å². The van der Waals surface area contributed by atoms with Crippen molar-refractivity contribution in [3.8, 4) is 10.6 Å². The lowest BCUT2D eigenvalue weighted by Crippen LogP contribution is -2.07. The summed E-state index contributed by atoms with van der Waals surface area (Å²) in [5, 5.41) is 0.592. The van der Waals surface area contributed by atoms with Gasteiger partial charge in [0.25, 0.3) is 0 Å². The molecule has 0 saturated carbocycles. The van der Waals surface area contributed by atoms with Gasteiger partial charge in [0, 0.05) is 22.8 Å². The summed E-state index contributed by atoms with van der Waals surface area (Å²) in [6, 6.07) is 2.56. The molecule has 2 aromatic rings. The van der Waals surface area contributed by atoms with E-state index in [1.807, 2.05) is 6.92 Å². The highest BCUT2D eigenvalue weighted by Gasteiger charge is 2.32. The molecule has 0 saturated heterocycles. The Morgan fingerprint density at radius 3 is 2.65 bits per heavy atom. The maximum absolute atomic E-state index is 12.5. The second kappa shape index (κ2) is 4.44. The van der Waals surface area contributed by atoms with E-state index in [4.69, 9.17) is 0 Å². The molecule has 2 rings (SSSR count). The Kier molecular flexibility index (Phi) is 3.15. The largest absolute Gasteiger partial charge is 0.433 e. The molecule has 90 valence electrons. The molecule has 0 spiro atoms. The van der Waals surface area contributed by atoms with Crippen molar-refractivity contribution in [2.75, 3.05) is 0 Å². The van der Waals surface area contributed by atoms with Crippen LogP contribution in [0.5, 0.6) is 0 Å². The van der Waals surface area contributed by atoms with Crippen LogP contribution in [0.15, 0.2) is 24.5 Å². The molecule has 0 bridgehead atoms. The highest BCUT2D eigenvalue weighted by Crippen LogP contribution is 2.31. The van der Waals surface area contributed by atoms with E-state index in [1.54, 1.807) is 6.20 Å². The number of hydrogen-bond acceptors (Lipinski definition) is 3. The molecule has 0 aliphatic heterocycles. The lowest BCUT2D eigenvalue weighted by molar-refractivity contribution is -0.141. The SMILES string of the molecule is CCc1cnc(-c2ccnc(C(F)(F)F)c2)s1. The third-order valence-corrected chi connectivity index (χ3v) is 3.39. The highest BCUT2D eigenvalue weighted by molar-refractivity contribution is 7.15. The molecule has 0 aliphatic carbocycles. The van der Waals surface area contributed by atoms with Crippen LogP contribution in [0.3, 0.4) is 0 Å². The zero-order chi connectivity index (χ0) is 12.5. The molecular weight excluding hydrogens is 249 g/mol. The van der Waals surface area contributed by atoms with Gasteiger partial charge in [-0.3, -0.25) is 4.98 Å². The van der Waals surface area contributed by atoms with E-state index in [9.17, 15) is 13.2 Å². The van der Waals surface area contributed by atoms with Gasteiger partial charge in [0.05, 0.1) is 0 Å². The Morgan fingerprint density at radius 1 is 1.29 bits per heavy atom. The fourth-order valence-corrected chi connectivity index (χ4v) is 2.17.